The maximum Gasteiger partial charge on any atom is 0.227 e. The maximum atomic E-state index is 12.6. The molecule has 2 atom stereocenters. The zero-order valence-corrected chi connectivity index (χ0v) is 12.7. The Balaban J connectivity index is 1.76. The molecule has 3 heteroatoms. The van der Waals surface area contributed by atoms with E-state index >= 15 is 0 Å². The fourth-order valence-electron chi connectivity index (χ4n) is 2.99. The van der Waals surface area contributed by atoms with E-state index in [1.165, 1.54) is 10.8 Å². The van der Waals surface area contributed by atoms with E-state index in [2.05, 4.69) is 49.5 Å². The second-order valence-corrected chi connectivity index (χ2v) is 6.06. The Morgan fingerprint density at radius 1 is 1.19 bits per heavy atom. The summed E-state index contributed by atoms with van der Waals surface area (Å²) in [6.45, 7) is 5.91. The van der Waals surface area contributed by atoms with Crippen molar-refractivity contribution in [3.8, 4) is 0 Å². The van der Waals surface area contributed by atoms with Crippen molar-refractivity contribution in [3.63, 3.8) is 0 Å². The van der Waals surface area contributed by atoms with Gasteiger partial charge in [0.15, 0.2) is 0 Å². The van der Waals surface area contributed by atoms with Crippen LogP contribution in [-0.4, -0.2) is 36.0 Å². The first-order chi connectivity index (χ1) is 10.1. The summed E-state index contributed by atoms with van der Waals surface area (Å²) in [5.41, 5.74) is 1.09. The number of amides is 1. The third-order valence-electron chi connectivity index (χ3n) is 4.25. The summed E-state index contributed by atoms with van der Waals surface area (Å²) in [5.74, 6) is 0.228. The normalized spacial score (nSPS) is 22.5. The molecule has 1 aliphatic rings. The number of benzene rings is 2. The van der Waals surface area contributed by atoms with Gasteiger partial charge in [-0.1, -0.05) is 42.5 Å². The van der Waals surface area contributed by atoms with E-state index in [-0.39, 0.29) is 11.9 Å². The van der Waals surface area contributed by atoms with Gasteiger partial charge in [0.05, 0.1) is 6.42 Å². The Labute approximate surface area is 125 Å². The molecule has 0 bridgehead atoms. The van der Waals surface area contributed by atoms with Crippen molar-refractivity contribution in [3.05, 3.63) is 48.0 Å². The minimum atomic E-state index is 0.228. The summed E-state index contributed by atoms with van der Waals surface area (Å²) in [6.07, 6.45) is 0.488. The molecule has 3 nitrogen and oxygen atoms in total. The summed E-state index contributed by atoms with van der Waals surface area (Å²) >= 11 is 0. The lowest BCUT2D eigenvalue weighted by Gasteiger charge is -2.37. The van der Waals surface area contributed by atoms with Crippen LogP contribution in [0.25, 0.3) is 10.8 Å². The Morgan fingerprint density at radius 3 is 2.76 bits per heavy atom. The third kappa shape index (κ3) is 3.08. The lowest BCUT2D eigenvalue weighted by Crippen LogP contribution is -2.56. The van der Waals surface area contributed by atoms with Crippen LogP contribution in [-0.2, 0) is 11.2 Å². The van der Waals surface area contributed by atoms with Crippen LogP contribution in [0.2, 0.25) is 0 Å². The van der Waals surface area contributed by atoms with Crippen LogP contribution in [0.3, 0.4) is 0 Å². The van der Waals surface area contributed by atoms with Crippen LogP contribution >= 0.6 is 0 Å². The molecule has 1 N–H and O–H groups in total. The number of hydrogen-bond donors (Lipinski definition) is 1. The van der Waals surface area contributed by atoms with E-state index in [0.717, 1.165) is 18.7 Å². The lowest BCUT2D eigenvalue weighted by molar-refractivity contribution is -0.133. The molecule has 2 aromatic rings. The zero-order valence-electron chi connectivity index (χ0n) is 12.7. The van der Waals surface area contributed by atoms with Crippen molar-refractivity contribution < 1.29 is 4.79 Å². The fraction of sp³-hybridized carbons (Fsp3) is 0.389. The molecule has 0 aliphatic carbocycles. The summed E-state index contributed by atoms with van der Waals surface area (Å²) in [5, 5.41) is 5.83. The number of nitrogens with zero attached hydrogens (tertiary/aromatic N) is 1. The van der Waals surface area contributed by atoms with E-state index in [0.29, 0.717) is 12.5 Å². The van der Waals surface area contributed by atoms with E-state index in [1.807, 2.05) is 17.0 Å². The SMILES string of the molecule is CC1CN(C(=O)Cc2ccc3ccccc3c2)C(C)CN1. The summed E-state index contributed by atoms with van der Waals surface area (Å²) < 4.78 is 0. The number of carbonyl (C=O) groups is 1. The van der Waals surface area contributed by atoms with Gasteiger partial charge in [-0.2, -0.15) is 0 Å². The van der Waals surface area contributed by atoms with Gasteiger partial charge in [-0.05, 0) is 30.2 Å². The standard InChI is InChI=1S/C18H22N2O/c1-13-12-20(14(2)11-19-13)18(21)10-15-7-8-16-5-3-4-6-17(16)9-15/h3-9,13-14,19H,10-12H2,1-2H3. The lowest BCUT2D eigenvalue weighted by atomic mass is 10.0. The highest BCUT2D eigenvalue weighted by molar-refractivity contribution is 5.85. The quantitative estimate of drug-likeness (QED) is 0.918. The zero-order chi connectivity index (χ0) is 14.8. The topological polar surface area (TPSA) is 32.3 Å². The van der Waals surface area contributed by atoms with E-state index in [9.17, 15) is 4.79 Å². The van der Waals surface area contributed by atoms with Crippen LogP contribution in [0.4, 0.5) is 0 Å². The van der Waals surface area contributed by atoms with Gasteiger partial charge in [0, 0.05) is 25.2 Å². The molecular weight excluding hydrogens is 260 g/mol. The summed E-state index contributed by atoms with van der Waals surface area (Å²) in [4.78, 5) is 14.6. The number of fused-ring (bicyclic) bond motifs is 1. The van der Waals surface area contributed by atoms with Gasteiger partial charge in [0.2, 0.25) is 5.91 Å². The average Bonchev–Trinajstić information content (AvgIpc) is 2.49. The summed E-state index contributed by atoms with van der Waals surface area (Å²) in [7, 11) is 0. The largest absolute Gasteiger partial charge is 0.337 e. The van der Waals surface area contributed by atoms with Gasteiger partial charge in [-0.15, -0.1) is 0 Å². The smallest absolute Gasteiger partial charge is 0.227 e. The maximum absolute atomic E-state index is 12.6. The van der Waals surface area contributed by atoms with Crippen molar-refractivity contribution in [1.82, 2.24) is 10.2 Å². The highest BCUT2D eigenvalue weighted by Crippen LogP contribution is 2.17. The van der Waals surface area contributed by atoms with Crippen LogP contribution in [0.1, 0.15) is 19.4 Å². The first-order valence-corrected chi connectivity index (χ1v) is 7.64. The number of piperazine rings is 1. The predicted molar refractivity (Wildman–Crippen MR) is 86.3 cm³/mol. The fourth-order valence-corrected chi connectivity index (χ4v) is 2.99. The third-order valence-corrected chi connectivity index (χ3v) is 4.25. The van der Waals surface area contributed by atoms with Gasteiger partial charge in [0.1, 0.15) is 0 Å². The van der Waals surface area contributed by atoms with Crippen LogP contribution in [0.5, 0.6) is 0 Å². The highest BCUT2D eigenvalue weighted by Gasteiger charge is 2.26. The predicted octanol–water partition coefficient (Wildman–Crippen LogP) is 2.59. The van der Waals surface area contributed by atoms with Gasteiger partial charge in [-0.3, -0.25) is 4.79 Å². The number of hydrogen-bond acceptors (Lipinski definition) is 2. The van der Waals surface area contributed by atoms with E-state index < -0.39 is 0 Å². The Hall–Kier alpha value is -1.87. The second kappa shape index (κ2) is 5.86. The first kappa shape index (κ1) is 14.1. The molecule has 1 heterocycles. The van der Waals surface area contributed by atoms with Crippen LogP contribution in [0.15, 0.2) is 42.5 Å². The van der Waals surface area contributed by atoms with Gasteiger partial charge >= 0.3 is 0 Å². The molecule has 21 heavy (non-hydrogen) atoms. The molecular formula is C18H22N2O. The number of carbonyl (C=O) groups excluding carboxylic acids is 1. The number of rotatable bonds is 2. The van der Waals surface area contributed by atoms with Gasteiger partial charge in [-0.25, -0.2) is 0 Å². The average molecular weight is 282 g/mol. The molecule has 1 amide bonds. The molecule has 2 unspecified atom stereocenters. The Morgan fingerprint density at radius 2 is 1.95 bits per heavy atom. The van der Waals surface area contributed by atoms with Crippen molar-refractivity contribution >= 4 is 16.7 Å². The van der Waals surface area contributed by atoms with E-state index in [1.54, 1.807) is 0 Å². The molecule has 110 valence electrons. The second-order valence-electron chi connectivity index (χ2n) is 6.06. The molecule has 2 aromatic carbocycles. The first-order valence-electron chi connectivity index (χ1n) is 7.64. The minimum Gasteiger partial charge on any atom is -0.337 e. The minimum absolute atomic E-state index is 0.228. The Kier molecular flexibility index (Phi) is 3.93. The van der Waals surface area contributed by atoms with Crippen molar-refractivity contribution in [1.29, 1.82) is 0 Å². The molecule has 3 rings (SSSR count). The molecule has 0 aromatic heterocycles. The highest BCUT2D eigenvalue weighted by atomic mass is 16.2. The number of nitrogens with one attached hydrogen (secondary N) is 1. The van der Waals surface area contributed by atoms with Crippen molar-refractivity contribution in [2.45, 2.75) is 32.4 Å². The van der Waals surface area contributed by atoms with Gasteiger partial charge < -0.3 is 10.2 Å². The Bertz CT molecular complexity index is 652. The van der Waals surface area contributed by atoms with Crippen molar-refractivity contribution in [2.24, 2.45) is 0 Å². The molecule has 1 aliphatic heterocycles. The molecule has 1 saturated heterocycles. The molecule has 1 fully saturated rings. The van der Waals surface area contributed by atoms with Crippen molar-refractivity contribution in [2.75, 3.05) is 13.1 Å². The molecule has 0 radical (unpaired) electrons. The molecule has 0 saturated carbocycles. The van der Waals surface area contributed by atoms with Crippen LogP contribution in [0, 0.1) is 0 Å². The summed E-state index contributed by atoms with van der Waals surface area (Å²) in [6, 6.07) is 15.2. The van der Waals surface area contributed by atoms with Gasteiger partial charge in [0.25, 0.3) is 0 Å². The van der Waals surface area contributed by atoms with Crippen LogP contribution < -0.4 is 5.32 Å². The van der Waals surface area contributed by atoms with E-state index in [4.69, 9.17) is 0 Å². The monoisotopic (exact) mass is 282 g/mol. The molecule has 0 spiro atoms.